The smallest absolute Gasteiger partial charge is 0.134 e. The van der Waals surface area contributed by atoms with Crippen molar-refractivity contribution >= 4 is 11.6 Å². The molecule has 1 rings (SSSR count). The van der Waals surface area contributed by atoms with E-state index in [0.29, 0.717) is 0 Å². The number of aliphatic hydroxyl groups excluding tert-OH is 1. The van der Waals surface area contributed by atoms with Gasteiger partial charge in [-0.25, -0.2) is 9.97 Å². The molecular weight excluding hydrogens is 240 g/mol. The third-order valence-electron chi connectivity index (χ3n) is 3.41. The fraction of sp³-hybridized carbons (Fsp3) is 0.714. The van der Waals surface area contributed by atoms with Crippen LogP contribution in [0.1, 0.15) is 38.6 Å². The van der Waals surface area contributed by atoms with Gasteiger partial charge in [-0.3, -0.25) is 0 Å². The van der Waals surface area contributed by atoms with Crippen LogP contribution in [-0.2, 0) is 6.42 Å². The van der Waals surface area contributed by atoms with Crippen molar-refractivity contribution < 1.29 is 5.11 Å². The van der Waals surface area contributed by atoms with Crippen LogP contribution in [0.25, 0.3) is 0 Å². The standard InChI is InChI=1S/C14H26N4O/c1-6-7-12-17-13(15-5)10(3)14(18-12)16-11(4)9(2)8-19/h9,11,19H,6-8H2,1-5H3,(H2,15,16,17,18). The molecule has 108 valence electrons. The molecule has 0 saturated heterocycles. The van der Waals surface area contributed by atoms with Gasteiger partial charge in [0.1, 0.15) is 17.5 Å². The summed E-state index contributed by atoms with van der Waals surface area (Å²) in [4.78, 5) is 9.09. The molecule has 0 aliphatic heterocycles. The van der Waals surface area contributed by atoms with Crippen LogP contribution in [0.5, 0.6) is 0 Å². The number of hydrogen-bond donors (Lipinski definition) is 3. The minimum Gasteiger partial charge on any atom is -0.396 e. The average Bonchev–Trinajstić information content (AvgIpc) is 2.41. The van der Waals surface area contributed by atoms with Gasteiger partial charge in [0.15, 0.2) is 0 Å². The Labute approximate surface area is 115 Å². The third-order valence-corrected chi connectivity index (χ3v) is 3.41. The van der Waals surface area contributed by atoms with Crippen molar-refractivity contribution in [1.29, 1.82) is 0 Å². The lowest BCUT2D eigenvalue weighted by molar-refractivity contribution is 0.226. The highest BCUT2D eigenvalue weighted by Crippen LogP contribution is 2.22. The fourth-order valence-corrected chi connectivity index (χ4v) is 1.80. The van der Waals surface area contributed by atoms with Gasteiger partial charge in [-0.1, -0.05) is 13.8 Å². The zero-order valence-electron chi connectivity index (χ0n) is 12.6. The van der Waals surface area contributed by atoms with Crippen LogP contribution in [0, 0.1) is 12.8 Å². The molecule has 0 fully saturated rings. The van der Waals surface area contributed by atoms with E-state index in [9.17, 15) is 5.11 Å². The number of aliphatic hydroxyl groups is 1. The van der Waals surface area contributed by atoms with E-state index in [-0.39, 0.29) is 18.6 Å². The summed E-state index contributed by atoms with van der Waals surface area (Å²) in [5.41, 5.74) is 1.01. The van der Waals surface area contributed by atoms with Crippen molar-refractivity contribution in [3.8, 4) is 0 Å². The Morgan fingerprint density at radius 2 is 1.84 bits per heavy atom. The van der Waals surface area contributed by atoms with Gasteiger partial charge in [-0.15, -0.1) is 0 Å². The first-order valence-electron chi connectivity index (χ1n) is 6.96. The molecule has 19 heavy (non-hydrogen) atoms. The molecule has 0 aliphatic rings. The summed E-state index contributed by atoms with van der Waals surface area (Å²) >= 11 is 0. The van der Waals surface area contributed by atoms with Crippen molar-refractivity contribution in [3.05, 3.63) is 11.4 Å². The molecule has 3 N–H and O–H groups in total. The maximum absolute atomic E-state index is 9.21. The quantitative estimate of drug-likeness (QED) is 0.706. The van der Waals surface area contributed by atoms with E-state index in [2.05, 4.69) is 34.4 Å². The molecule has 0 radical (unpaired) electrons. The van der Waals surface area contributed by atoms with Crippen molar-refractivity contribution in [2.45, 2.75) is 46.6 Å². The highest BCUT2D eigenvalue weighted by atomic mass is 16.3. The van der Waals surface area contributed by atoms with Gasteiger partial charge >= 0.3 is 0 Å². The van der Waals surface area contributed by atoms with Crippen molar-refractivity contribution in [2.24, 2.45) is 5.92 Å². The number of hydrogen-bond acceptors (Lipinski definition) is 5. The number of nitrogens with one attached hydrogen (secondary N) is 2. The molecule has 5 heteroatoms. The minimum atomic E-state index is 0.165. The second kappa shape index (κ2) is 7.28. The molecule has 2 unspecified atom stereocenters. The first-order valence-corrected chi connectivity index (χ1v) is 6.96. The monoisotopic (exact) mass is 266 g/mol. The third kappa shape index (κ3) is 4.06. The van der Waals surface area contributed by atoms with E-state index in [4.69, 9.17) is 0 Å². The first kappa shape index (κ1) is 15.7. The molecule has 0 saturated carbocycles. The van der Waals surface area contributed by atoms with E-state index in [1.807, 2.05) is 20.9 Å². The maximum atomic E-state index is 9.21. The summed E-state index contributed by atoms with van der Waals surface area (Å²) in [5, 5.41) is 15.7. The average molecular weight is 266 g/mol. The Bertz CT molecular complexity index is 409. The van der Waals surface area contributed by atoms with Gasteiger partial charge < -0.3 is 15.7 Å². The number of aryl methyl sites for hydroxylation is 1. The van der Waals surface area contributed by atoms with Gasteiger partial charge in [0.05, 0.1) is 0 Å². The highest BCUT2D eigenvalue weighted by molar-refractivity contribution is 5.57. The lowest BCUT2D eigenvalue weighted by Crippen LogP contribution is -2.27. The fourth-order valence-electron chi connectivity index (χ4n) is 1.80. The van der Waals surface area contributed by atoms with E-state index < -0.39 is 0 Å². The van der Waals surface area contributed by atoms with Crippen LogP contribution in [0.3, 0.4) is 0 Å². The van der Waals surface area contributed by atoms with Crippen LogP contribution in [0.15, 0.2) is 0 Å². The number of aromatic nitrogens is 2. The number of rotatable bonds is 7. The lowest BCUT2D eigenvalue weighted by atomic mass is 10.1. The summed E-state index contributed by atoms with van der Waals surface area (Å²) in [5.74, 6) is 2.76. The van der Waals surface area contributed by atoms with Gasteiger partial charge in [0.2, 0.25) is 0 Å². The Hall–Kier alpha value is -1.36. The predicted octanol–water partition coefficient (Wildman–Crippen LogP) is 2.21. The number of anilines is 2. The van der Waals surface area contributed by atoms with Crippen molar-refractivity contribution in [1.82, 2.24) is 9.97 Å². The molecule has 2 atom stereocenters. The summed E-state index contributed by atoms with van der Waals surface area (Å²) < 4.78 is 0. The molecule has 0 aromatic carbocycles. The summed E-state index contributed by atoms with van der Waals surface area (Å²) in [6.07, 6.45) is 1.89. The van der Waals surface area contributed by atoms with E-state index in [0.717, 1.165) is 35.9 Å². The molecule has 0 amide bonds. The van der Waals surface area contributed by atoms with E-state index in [1.165, 1.54) is 0 Å². The van der Waals surface area contributed by atoms with Crippen LogP contribution in [0.4, 0.5) is 11.6 Å². The second-order valence-corrected chi connectivity index (χ2v) is 5.05. The van der Waals surface area contributed by atoms with Crippen LogP contribution >= 0.6 is 0 Å². The molecule has 5 nitrogen and oxygen atoms in total. The van der Waals surface area contributed by atoms with Crippen molar-refractivity contribution in [2.75, 3.05) is 24.3 Å². The van der Waals surface area contributed by atoms with Crippen LogP contribution in [-0.4, -0.2) is 34.8 Å². The van der Waals surface area contributed by atoms with Gasteiger partial charge in [0.25, 0.3) is 0 Å². The highest BCUT2D eigenvalue weighted by Gasteiger charge is 2.15. The first-order chi connectivity index (χ1) is 9.03. The Morgan fingerprint density at radius 3 is 2.37 bits per heavy atom. The van der Waals surface area contributed by atoms with Crippen molar-refractivity contribution in [3.63, 3.8) is 0 Å². The molecule has 1 aromatic rings. The Kier molecular flexibility index (Phi) is 6.02. The Balaban J connectivity index is 3.00. The van der Waals surface area contributed by atoms with Crippen LogP contribution in [0.2, 0.25) is 0 Å². The zero-order chi connectivity index (χ0) is 14.4. The normalized spacial score (nSPS) is 14.0. The van der Waals surface area contributed by atoms with E-state index >= 15 is 0 Å². The minimum absolute atomic E-state index is 0.165. The van der Waals surface area contributed by atoms with E-state index in [1.54, 1.807) is 0 Å². The molecular formula is C14H26N4O. The Morgan fingerprint density at radius 1 is 1.21 bits per heavy atom. The predicted molar refractivity (Wildman–Crippen MR) is 79.6 cm³/mol. The van der Waals surface area contributed by atoms with Gasteiger partial charge in [0, 0.05) is 31.7 Å². The van der Waals surface area contributed by atoms with Gasteiger partial charge in [-0.2, -0.15) is 0 Å². The number of nitrogens with zero attached hydrogens (tertiary/aromatic N) is 2. The lowest BCUT2D eigenvalue weighted by Gasteiger charge is -2.22. The SMILES string of the molecule is CCCc1nc(NC)c(C)c(NC(C)C(C)CO)n1. The topological polar surface area (TPSA) is 70.1 Å². The molecule has 1 heterocycles. The molecule has 0 spiro atoms. The molecule has 0 aliphatic carbocycles. The zero-order valence-corrected chi connectivity index (χ0v) is 12.6. The van der Waals surface area contributed by atoms with Crippen LogP contribution < -0.4 is 10.6 Å². The summed E-state index contributed by atoms with van der Waals surface area (Å²) in [6.45, 7) is 8.35. The second-order valence-electron chi connectivity index (χ2n) is 5.05. The molecule has 1 aromatic heterocycles. The van der Waals surface area contributed by atoms with Gasteiger partial charge in [-0.05, 0) is 26.2 Å². The summed E-state index contributed by atoms with van der Waals surface area (Å²) in [6, 6.07) is 0.165. The largest absolute Gasteiger partial charge is 0.396 e. The summed E-state index contributed by atoms with van der Waals surface area (Å²) in [7, 11) is 1.87. The maximum Gasteiger partial charge on any atom is 0.134 e. The molecule has 0 bridgehead atoms.